The Kier molecular flexibility index (Phi) is 6.16. The number of carbonyl (C=O) groups excluding carboxylic acids is 1. The average Bonchev–Trinajstić information content (AvgIpc) is 3.04. The van der Waals surface area contributed by atoms with Crippen LogP contribution in [0.1, 0.15) is 26.2 Å². The number of amides is 2. The van der Waals surface area contributed by atoms with Gasteiger partial charge in [-0.25, -0.2) is 13.2 Å². The molecule has 140 valence electrons. The van der Waals surface area contributed by atoms with Gasteiger partial charge in [0.25, 0.3) is 0 Å². The highest BCUT2D eigenvalue weighted by Crippen LogP contribution is 2.31. The van der Waals surface area contributed by atoms with E-state index in [1.165, 1.54) is 11.2 Å². The molecule has 0 radical (unpaired) electrons. The van der Waals surface area contributed by atoms with E-state index in [1.807, 2.05) is 6.92 Å². The van der Waals surface area contributed by atoms with E-state index in [9.17, 15) is 13.2 Å². The van der Waals surface area contributed by atoms with Crippen LogP contribution in [0.3, 0.4) is 0 Å². The van der Waals surface area contributed by atoms with Gasteiger partial charge in [-0.3, -0.25) is 0 Å². The van der Waals surface area contributed by atoms with Crippen LogP contribution in [0.4, 0.5) is 10.5 Å². The number of hydrogen-bond donors (Lipinski definition) is 1. The predicted molar refractivity (Wildman–Crippen MR) is 97.2 cm³/mol. The van der Waals surface area contributed by atoms with Gasteiger partial charge in [-0.2, -0.15) is 0 Å². The van der Waals surface area contributed by atoms with E-state index in [1.54, 1.807) is 32.4 Å². The van der Waals surface area contributed by atoms with Crippen LogP contribution in [0.15, 0.2) is 18.2 Å². The van der Waals surface area contributed by atoms with Crippen molar-refractivity contribution in [3.8, 4) is 11.5 Å². The van der Waals surface area contributed by atoms with Gasteiger partial charge >= 0.3 is 6.03 Å². The van der Waals surface area contributed by atoms with Crippen LogP contribution in [0.5, 0.6) is 11.5 Å². The third-order valence-corrected chi connectivity index (χ3v) is 6.15. The minimum absolute atomic E-state index is 0.306. The van der Waals surface area contributed by atoms with E-state index >= 15 is 0 Å². The first kappa shape index (κ1) is 19.4. The number of hydrogen-bond acceptors (Lipinski definition) is 5. The van der Waals surface area contributed by atoms with Gasteiger partial charge in [0.05, 0.1) is 19.0 Å². The molecule has 1 aliphatic carbocycles. The number of sulfone groups is 1. The summed E-state index contributed by atoms with van der Waals surface area (Å²) in [6.07, 6.45) is 3.32. The molecule has 7 nitrogen and oxygen atoms in total. The number of benzene rings is 1. The zero-order valence-electron chi connectivity index (χ0n) is 15.1. The van der Waals surface area contributed by atoms with Gasteiger partial charge in [-0.15, -0.1) is 0 Å². The van der Waals surface area contributed by atoms with Gasteiger partial charge in [-0.1, -0.05) is 0 Å². The van der Waals surface area contributed by atoms with Crippen LogP contribution in [-0.4, -0.2) is 57.7 Å². The van der Waals surface area contributed by atoms with Gasteiger partial charge in [0.2, 0.25) is 0 Å². The molecule has 25 heavy (non-hydrogen) atoms. The maximum absolute atomic E-state index is 12.5. The van der Waals surface area contributed by atoms with E-state index in [0.717, 1.165) is 6.42 Å². The van der Waals surface area contributed by atoms with Crippen molar-refractivity contribution in [1.82, 2.24) is 4.90 Å². The molecule has 2 amide bonds. The first-order valence-corrected chi connectivity index (χ1v) is 10.3. The lowest BCUT2D eigenvalue weighted by Gasteiger charge is -2.29. The molecule has 2 rings (SSSR count). The third-order valence-electron chi connectivity index (χ3n) is 4.50. The highest BCUT2D eigenvalue weighted by molar-refractivity contribution is 7.91. The van der Waals surface area contributed by atoms with E-state index in [4.69, 9.17) is 9.47 Å². The molecule has 8 heteroatoms. The summed E-state index contributed by atoms with van der Waals surface area (Å²) in [4.78, 5) is 14.0. The standard InChI is InChI=1S/C17H26N2O5S/c1-5-24-15-11-12(9-10-14(15)23-3)18-17(20)19(2)13-7-6-8-16(13)25(4,21)22/h9-11,13,16H,5-8H2,1-4H3,(H,18,20)/t13-,16+/m1/s1. The van der Waals surface area contributed by atoms with Crippen molar-refractivity contribution in [1.29, 1.82) is 0 Å². The number of nitrogens with zero attached hydrogens (tertiary/aromatic N) is 1. The van der Waals surface area contributed by atoms with Crippen molar-refractivity contribution in [2.75, 3.05) is 32.3 Å². The lowest BCUT2D eigenvalue weighted by atomic mass is 10.2. The van der Waals surface area contributed by atoms with E-state index in [0.29, 0.717) is 36.6 Å². The molecular weight excluding hydrogens is 344 g/mol. The zero-order valence-corrected chi connectivity index (χ0v) is 15.9. The van der Waals surface area contributed by atoms with Crippen LogP contribution in [0.25, 0.3) is 0 Å². The fourth-order valence-corrected chi connectivity index (χ4v) is 4.72. The molecule has 2 atom stereocenters. The Hall–Kier alpha value is -1.96. The number of carbonyl (C=O) groups is 1. The fourth-order valence-electron chi connectivity index (χ4n) is 3.23. The Morgan fingerprint density at radius 1 is 1.32 bits per heavy atom. The molecule has 1 N–H and O–H groups in total. The monoisotopic (exact) mass is 370 g/mol. The van der Waals surface area contributed by atoms with Crippen molar-refractivity contribution in [3.05, 3.63) is 18.2 Å². The Morgan fingerprint density at radius 2 is 2.04 bits per heavy atom. The molecule has 0 aromatic heterocycles. The van der Waals surface area contributed by atoms with Crippen LogP contribution in [-0.2, 0) is 9.84 Å². The molecule has 1 aromatic carbocycles. The molecule has 1 aromatic rings. The number of methoxy groups -OCH3 is 1. The quantitative estimate of drug-likeness (QED) is 0.832. The molecule has 1 fully saturated rings. The van der Waals surface area contributed by atoms with E-state index in [-0.39, 0.29) is 12.1 Å². The van der Waals surface area contributed by atoms with E-state index < -0.39 is 15.1 Å². The molecule has 1 saturated carbocycles. The normalized spacial score (nSPS) is 20.2. The minimum atomic E-state index is -3.18. The fraction of sp³-hybridized carbons (Fsp3) is 0.588. The Balaban J connectivity index is 2.12. The van der Waals surface area contributed by atoms with Gasteiger partial charge < -0.3 is 19.7 Å². The summed E-state index contributed by atoms with van der Waals surface area (Å²) in [5, 5.41) is 2.30. The first-order chi connectivity index (χ1) is 11.8. The van der Waals surface area contributed by atoms with Crippen molar-refractivity contribution >= 4 is 21.6 Å². The molecule has 0 saturated heterocycles. The van der Waals surface area contributed by atoms with Gasteiger partial charge in [-0.05, 0) is 38.3 Å². The number of urea groups is 1. The topological polar surface area (TPSA) is 84.9 Å². The number of anilines is 1. The van der Waals surface area contributed by atoms with Gasteiger partial charge in [0, 0.05) is 31.1 Å². The maximum Gasteiger partial charge on any atom is 0.321 e. The molecule has 1 aliphatic rings. The molecule has 0 heterocycles. The zero-order chi connectivity index (χ0) is 18.6. The minimum Gasteiger partial charge on any atom is -0.493 e. The Bertz CT molecular complexity index is 720. The molecule has 0 bridgehead atoms. The summed E-state index contributed by atoms with van der Waals surface area (Å²) in [7, 11) is 0.00192. The van der Waals surface area contributed by atoms with Crippen LogP contribution >= 0.6 is 0 Å². The lowest BCUT2D eigenvalue weighted by Crippen LogP contribution is -2.46. The van der Waals surface area contributed by atoms with Crippen LogP contribution < -0.4 is 14.8 Å². The number of rotatable bonds is 6. The predicted octanol–water partition coefficient (Wildman–Crippen LogP) is 2.52. The SMILES string of the molecule is CCOc1cc(NC(=O)N(C)[C@@H]2CCC[C@@H]2S(C)(=O)=O)ccc1OC. The summed E-state index contributed by atoms with van der Waals surface area (Å²) < 4.78 is 34.6. The largest absolute Gasteiger partial charge is 0.493 e. The molecule has 0 aliphatic heterocycles. The van der Waals surface area contributed by atoms with Gasteiger partial charge in [0.1, 0.15) is 0 Å². The first-order valence-electron chi connectivity index (χ1n) is 8.31. The highest BCUT2D eigenvalue weighted by Gasteiger charge is 2.38. The summed E-state index contributed by atoms with van der Waals surface area (Å²) in [6.45, 7) is 2.34. The summed E-state index contributed by atoms with van der Waals surface area (Å²) >= 11 is 0. The second-order valence-corrected chi connectivity index (χ2v) is 8.47. The Morgan fingerprint density at radius 3 is 2.64 bits per heavy atom. The highest BCUT2D eigenvalue weighted by atomic mass is 32.2. The Labute approximate surface area is 149 Å². The molecule has 0 spiro atoms. The number of ether oxygens (including phenoxy) is 2. The number of nitrogens with one attached hydrogen (secondary N) is 1. The summed E-state index contributed by atoms with van der Waals surface area (Å²) in [5.74, 6) is 1.13. The van der Waals surface area contributed by atoms with Crippen molar-refractivity contribution < 1.29 is 22.7 Å². The van der Waals surface area contributed by atoms with Crippen molar-refractivity contribution in [2.24, 2.45) is 0 Å². The second kappa shape index (κ2) is 7.95. The third kappa shape index (κ3) is 4.56. The average molecular weight is 370 g/mol. The lowest BCUT2D eigenvalue weighted by molar-refractivity contribution is 0.205. The molecular formula is C17H26N2O5S. The summed E-state index contributed by atoms with van der Waals surface area (Å²) in [6, 6.07) is 4.48. The van der Waals surface area contributed by atoms with Crippen LogP contribution in [0.2, 0.25) is 0 Å². The molecule has 0 unspecified atom stereocenters. The smallest absolute Gasteiger partial charge is 0.321 e. The second-order valence-electron chi connectivity index (χ2n) is 6.21. The van der Waals surface area contributed by atoms with Crippen LogP contribution in [0, 0.1) is 0 Å². The van der Waals surface area contributed by atoms with Crippen molar-refractivity contribution in [3.63, 3.8) is 0 Å². The summed E-state index contributed by atoms with van der Waals surface area (Å²) in [5.41, 5.74) is 0.565. The van der Waals surface area contributed by atoms with E-state index in [2.05, 4.69) is 5.32 Å². The maximum atomic E-state index is 12.5. The van der Waals surface area contributed by atoms with Gasteiger partial charge in [0.15, 0.2) is 21.3 Å². The van der Waals surface area contributed by atoms with Crippen molar-refractivity contribution in [2.45, 2.75) is 37.5 Å².